The van der Waals surface area contributed by atoms with E-state index in [1.807, 2.05) is 0 Å². The summed E-state index contributed by atoms with van der Waals surface area (Å²) in [5, 5.41) is 6.04. The van der Waals surface area contributed by atoms with Crippen LogP contribution in [0.5, 0.6) is 0 Å². The zero-order chi connectivity index (χ0) is 12.2. The lowest BCUT2D eigenvalue weighted by atomic mass is 10.4. The number of amides is 1. The monoisotopic (exact) mass is 231 g/mol. The summed E-state index contributed by atoms with van der Waals surface area (Å²) in [4.78, 5) is 13.5. The van der Waals surface area contributed by atoms with Crippen molar-refractivity contribution in [1.29, 1.82) is 0 Å². The number of hydrogen-bond acceptors (Lipinski definition) is 4. The van der Waals surface area contributed by atoms with Crippen molar-refractivity contribution in [3.05, 3.63) is 0 Å². The molecule has 0 saturated carbocycles. The maximum atomic E-state index is 11.5. The third-order valence-corrected chi connectivity index (χ3v) is 2.37. The predicted octanol–water partition coefficient (Wildman–Crippen LogP) is -0.320. The highest BCUT2D eigenvalue weighted by atomic mass is 16.5. The van der Waals surface area contributed by atoms with Crippen LogP contribution in [0.3, 0.4) is 0 Å². The molecule has 96 valence electrons. The van der Waals surface area contributed by atoms with Crippen LogP contribution in [0.4, 0.5) is 0 Å². The van der Waals surface area contributed by atoms with Gasteiger partial charge in [0.2, 0.25) is 5.91 Å². The molecule has 0 bridgehead atoms. The largest absolute Gasteiger partial charge is 0.383 e. The molecule has 2 N–H and O–H groups in total. The first kappa shape index (κ1) is 15.3. The SMILES string of the molecule is CCN(CC)CC(=O)NCCNCCOC. The molecule has 5 heteroatoms. The molecule has 0 aromatic heterocycles. The van der Waals surface area contributed by atoms with Gasteiger partial charge in [0.25, 0.3) is 0 Å². The Balaban J connectivity index is 3.36. The summed E-state index contributed by atoms with van der Waals surface area (Å²) in [6, 6.07) is 0. The normalized spacial score (nSPS) is 10.8. The Labute approximate surface area is 98.5 Å². The Hall–Kier alpha value is -0.650. The number of rotatable bonds is 10. The van der Waals surface area contributed by atoms with Crippen molar-refractivity contribution in [2.75, 3.05) is 53.0 Å². The lowest BCUT2D eigenvalue weighted by molar-refractivity contribution is -0.122. The smallest absolute Gasteiger partial charge is 0.234 e. The van der Waals surface area contributed by atoms with Crippen LogP contribution in [-0.2, 0) is 9.53 Å². The first-order valence-corrected chi connectivity index (χ1v) is 5.93. The van der Waals surface area contributed by atoms with Crippen molar-refractivity contribution in [2.24, 2.45) is 0 Å². The molecule has 0 rings (SSSR count). The van der Waals surface area contributed by atoms with Crippen molar-refractivity contribution in [3.63, 3.8) is 0 Å². The second-order valence-corrected chi connectivity index (χ2v) is 3.55. The molecule has 0 aromatic rings. The maximum Gasteiger partial charge on any atom is 0.234 e. The highest BCUT2D eigenvalue weighted by molar-refractivity contribution is 5.77. The van der Waals surface area contributed by atoms with Crippen LogP contribution < -0.4 is 10.6 Å². The number of hydrogen-bond donors (Lipinski definition) is 2. The van der Waals surface area contributed by atoms with Crippen LogP contribution in [-0.4, -0.2) is 63.8 Å². The zero-order valence-corrected chi connectivity index (χ0v) is 10.7. The molecule has 0 aromatic carbocycles. The van der Waals surface area contributed by atoms with E-state index in [1.165, 1.54) is 0 Å². The summed E-state index contributed by atoms with van der Waals surface area (Å²) in [5.41, 5.74) is 0. The molecule has 0 aliphatic carbocycles. The maximum absolute atomic E-state index is 11.5. The Bertz CT molecular complexity index is 173. The molecule has 0 saturated heterocycles. The van der Waals surface area contributed by atoms with Gasteiger partial charge in [-0.25, -0.2) is 0 Å². The molecule has 0 fully saturated rings. The molecular weight excluding hydrogens is 206 g/mol. The molecule has 0 spiro atoms. The number of methoxy groups -OCH3 is 1. The van der Waals surface area contributed by atoms with E-state index in [0.29, 0.717) is 19.7 Å². The van der Waals surface area contributed by atoms with Gasteiger partial charge >= 0.3 is 0 Å². The van der Waals surface area contributed by atoms with E-state index < -0.39 is 0 Å². The topological polar surface area (TPSA) is 53.6 Å². The van der Waals surface area contributed by atoms with Gasteiger partial charge in [0.1, 0.15) is 0 Å². The second-order valence-electron chi connectivity index (χ2n) is 3.55. The van der Waals surface area contributed by atoms with Crippen LogP contribution in [0.25, 0.3) is 0 Å². The van der Waals surface area contributed by atoms with Gasteiger partial charge in [-0.15, -0.1) is 0 Å². The Morgan fingerprint density at radius 2 is 1.88 bits per heavy atom. The van der Waals surface area contributed by atoms with Gasteiger partial charge in [0.15, 0.2) is 0 Å². The fraction of sp³-hybridized carbons (Fsp3) is 0.909. The summed E-state index contributed by atoms with van der Waals surface area (Å²) in [7, 11) is 1.67. The van der Waals surface area contributed by atoms with E-state index in [9.17, 15) is 4.79 Å². The van der Waals surface area contributed by atoms with Gasteiger partial charge in [-0.1, -0.05) is 13.8 Å². The van der Waals surface area contributed by atoms with E-state index >= 15 is 0 Å². The number of nitrogens with zero attached hydrogens (tertiary/aromatic N) is 1. The van der Waals surface area contributed by atoms with E-state index in [4.69, 9.17) is 4.74 Å². The quantitative estimate of drug-likeness (QED) is 0.506. The zero-order valence-electron chi connectivity index (χ0n) is 10.7. The standard InChI is InChI=1S/C11H25N3O2/c1-4-14(5-2)10-11(15)13-7-6-12-8-9-16-3/h12H,4-10H2,1-3H3,(H,13,15). The fourth-order valence-electron chi connectivity index (χ4n) is 1.30. The second kappa shape index (κ2) is 10.9. The minimum atomic E-state index is 0.0947. The molecule has 5 nitrogen and oxygen atoms in total. The van der Waals surface area contributed by atoms with Gasteiger partial charge in [0.05, 0.1) is 13.2 Å². The van der Waals surface area contributed by atoms with Gasteiger partial charge in [0, 0.05) is 26.7 Å². The number of nitrogens with one attached hydrogen (secondary N) is 2. The van der Waals surface area contributed by atoms with Crippen molar-refractivity contribution in [1.82, 2.24) is 15.5 Å². The summed E-state index contributed by atoms with van der Waals surface area (Å²) >= 11 is 0. The van der Waals surface area contributed by atoms with Crippen molar-refractivity contribution in [3.8, 4) is 0 Å². The number of likely N-dealkylation sites (N-methyl/N-ethyl adjacent to an activating group) is 1. The molecule has 0 aliphatic rings. The molecule has 0 aliphatic heterocycles. The van der Waals surface area contributed by atoms with Crippen LogP contribution in [0.1, 0.15) is 13.8 Å². The third-order valence-electron chi connectivity index (χ3n) is 2.37. The molecule has 16 heavy (non-hydrogen) atoms. The van der Waals surface area contributed by atoms with E-state index in [-0.39, 0.29) is 5.91 Å². The molecular formula is C11H25N3O2. The highest BCUT2D eigenvalue weighted by Gasteiger charge is 2.05. The first-order valence-electron chi connectivity index (χ1n) is 5.93. The van der Waals surface area contributed by atoms with Crippen molar-refractivity contribution < 1.29 is 9.53 Å². The van der Waals surface area contributed by atoms with Crippen LogP contribution in [0.2, 0.25) is 0 Å². The minimum absolute atomic E-state index is 0.0947. The van der Waals surface area contributed by atoms with Crippen LogP contribution in [0.15, 0.2) is 0 Å². The van der Waals surface area contributed by atoms with E-state index in [1.54, 1.807) is 7.11 Å². The molecule has 0 unspecified atom stereocenters. The minimum Gasteiger partial charge on any atom is -0.383 e. The number of carbonyl (C=O) groups excluding carboxylic acids is 1. The van der Waals surface area contributed by atoms with E-state index in [2.05, 4.69) is 29.4 Å². The van der Waals surface area contributed by atoms with Gasteiger partial charge < -0.3 is 15.4 Å². The summed E-state index contributed by atoms with van der Waals surface area (Å²) in [5.74, 6) is 0.0947. The number of carbonyl (C=O) groups is 1. The lowest BCUT2D eigenvalue weighted by Gasteiger charge is -2.17. The van der Waals surface area contributed by atoms with Gasteiger partial charge in [-0.05, 0) is 13.1 Å². The Morgan fingerprint density at radius 1 is 1.19 bits per heavy atom. The van der Waals surface area contributed by atoms with Gasteiger partial charge in [-0.3, -0.25) is 9.69 Å². The highest BCUT2D eigenvalue weighted by Crippen LogP contribution is 1.85. The molecule has 1 amide bonds. The van der Waals surface area contributed by atoms with Crippen LogP contribution in [0, 0.1) is 0 Å². The Morgan fingerprint density at radius 3 is 2.44 bits per heavy atom. The molecule has 0 atom stereocenters. The van der Waals surface area contributed by atoms with Crippen molar-refractivity contribution >= 4 is 5.91 Å². The summed E-state index contributed by atoms with van der Waals surface area (Å²) in [6.45, 7) is 9.41. The molecule has 0 heterocycles. The first-order chi connectivity index (χ1) is 7.74. The summed E-state index contributed by atoms with van der Waals surface area (Å²) in [6.07, 6.45) is 0. The fourth-order valence-corrected chi connectivity index (χ4v) is 1.30. The average molecular weight is 231 g/mol. The van der Waals surface area contributed by atoms with Gasteiger partial charge in [-0.2, -0.15) is 0 Å². The lowest BCUT2D eigenvalue weighted by Crippen LogP contribution is -2.40. The Kier molecular flexibility index (Phi) is 10.4. The van der Waals surface area contributed by atoms with E-state index in [0.717, 1.165) is 26.2 Å². The molecule has 0 radical (unpaired) electrons. The summed E-state index contributed by atoms with van der Waals surface area (Å²) < 4.78 is 4.89. The third kappa shape index (κ3) is 8.64. The van der Waals surface area contributed by atoms with Crippen molar-refractivity contribution in [2.45, 2.75) is 13.8 Å². The number of ether oxygens (including phenoxy) is 1. The average Bonchev–Trinajstić information content (AvgIpc) is 2.30. The predicted molar refractivity (Wildman–Crippen MR) is 65.5 cm³/mol. The van der Waals surface area contributed by atoms with Crippen LogP contribution >= 0.6 is 0 Å².